The molecule has 2 rings (SSSR count). The van der Waals surface area contributed by atoms with Crippen LogP contribution in [0, 0.1) is 5.92 Å². The van der Waals surface area contributed by atoms with Crippen LogP contribution < -0.4 is 0 Å². The highest BCUT2D eigenvalue weighted by Crippen LogP contribution is 2.30. The van der Waals surface area contributed by atoms with E-state index in [4.69, 9.17) is 5.11 Å². The van der Waals surface area contributed by atoms with Crippen molar-refractivity contribution < 1.29 is 19.8 Å². The number of carbonyl (C=O) groups is 2. The van der Waals surface area contributed by atoms with Crippen molar-refractivity contribution in [2.75, 3.05) is 0 Å². The van der Waals surface area contributed by atoms with E-state index in [0.717, 1.165) is 5.56 Å². The van der Waals surface area contributed by atoms with Crippen LogP contribution in [-0.4, -0.2) is 42.8 Å². The van der Waals surface area contributed by atoms with E-state index in [1.54, 1.807) is 0 Å². The largest absolute Gasteiger partial charge is 0.481 e. The molecule has 0 radical (unpaired) electrons. The van der Waals surface area contributed by atoms with Gasteiger partial charge < -0.3 is 10.2 Å². The number of nitrogens with zero attached hydrogens (tertiary/aromatic N) is 3. The van der Waals surface area contributed by atoms with Gasteiger partial charge in [-0.3, -0.25) is 9.59 Å². The lowest BCUT2D eigenvalue weighted by Gasteiger charge is -2.21. The number of hydrogen-bond acceptors (Lipinski definition) is 5. The van der Waals surface area contributed by atoms with Crippen molar-refractivity contribution >= 4 is 11.9 Å². The minimum atomic E-state index is -0.934. The number of unbranched alkanes of at least 4 members (excludes halogenated alkanes) is 1. The molecule has 24 heavy (non-hydrogen) atoms. The van der Waals surface area contributed by atoms with Gasteiger partial charge in [-0.1, -0.05) is 42.0 Å². The molecule has 0 saturated carbocycles. The predicted molar refractivity (Wildman–Crippen MR) is 84.3 cm³/mol. The van der Waals surface area contributed by atoms with E-state index in [-0.39, 0.29) is 6.42 Å². The van der Waals surface area contributed by atoms with Crippen molar-refractivity contribution in [2.24, 2.45) is 5.92 Å². The number of aromatic nitrogens is 4. The number of aromatic amines is 1. The summed E-state index contributed by atoms with van der Waals surface area (Å²) in [5.41, 5.74) is 0.990. The topological polar surface area (TPSA) is 129 Å². The average molecular weight is 332 g/mol. The van der Waals surface area contributed by atoms with E-state index >= 15 is 0 Å². The Morgan fingerprint density at radius 3 is 2.46 bits per heavy atom. The van der Waals surface area contributed by atoms with Gasteiger partial charge in [-0.05, 0) is 24.8 Å². The number of benzene rings is 1. The van der Waals surface area contributed by atoms with Gasteiger partial charge >= 0.3 is 11.9 Å². The summed E-state index contributed by atoms with van der Waals surface area (Å²) in [4.78, 5) is 22.3. The molecule has 0 fully saturated rings. The van der Waals surface area contributed by atoms with Crippen molar-refractivity contribution in [3.63, 3.8) is 0 Å². The third kappa shape index (κ3) is 5.15. The Morgan fingerprint density at radius 2 is 1.88 bits per heavy atom. The average Bonchev–Trinajstić information content (AvgIpc) is 3.08. The number of nitrogens with one attached hydrogen (secondary N) is 1. The van der Waals surface area contributed by atoms with Crippen LogP contribution in [0.2, 0.25) is 0 Å². The third-order valence-corrected chi connectivity index (χ3v) is 3.95. The van der Waals surface area contributed by atoms with Crippen molar-refractivity contribution in [1.29, 1.82) is 0 Å². The van der Waals surface area contributed by atoms with Crippen LogP contribution in [0.15, 0.2) is 30.3 Å². The second-order valence-corrected chi connectivity index (χ2v) is 5.65. The number of rotatable bonds is 10. The number of aliphatic carboxylic acids is 2. The van der Waals surface area contributed by atoms with Gasteiger partial charge in [0.15, 0.2) is 5.82 Å². The summed E-state index contributed by atoms with van der Waals surface area (Å²) in [6.45, 7) is 0. The van der Waals surface area contributed by atoms with Crippen molar-refractivity contribution in [3.8, 4) is 0 Å². The van der Waals surface area contributed by atoms with Crippen LogP contribution in [0.4, 0.5) is 0 Å². The molecule has 0 aliphatic rings. The molecule has 3 N–H and O–H groups in total. The normalized spacial score (nSPS) is 13.3. The molecule has 8 nitrogen and oxygen atoms in total. The lowest BCUT2D eigenvalue weighted by molar-refractivity contribution is -0.143. The maximum Gasteiger partial charge on any atom is 0.307 e. The molecule has 1 heterocycles. The van der Waals surface area contributed by atoms with Gasteiger partial charge in [0.05, 0.1) is 5.92 Å². The fourth-order valence-corrected chi connectivity index (χ4v) is 2.75. The van der Waals surface area contributed by atoms with Crippen molar-refractivity contribution in [1.82, 2.24) is 20.6 Å². The number of hydrogen-bond donors (Lipinski definition) is 3. The van der Waals surface area contributed by atoms with E-state index in [1.807, 2.05) is 30.3 Å². The molecule has 0 saturated heterocycles. The zero-order chi connectivity index (χ0) is 17.4. The van der Waals surface area contributed by atoms with Gasteiger partial charge in [0, 0.05) is 12.3 Å². The minimum Gasteiger partial charge on any atom is -0.481 e. The predicted octanol–water partition coefficient (Wildman–Crippen LogP) is 1.87. The summed E-state index contributed by atoms with van der Waals surface area (Å²) >= 11 is 0. The maximum atomic E-state index is 11.8. The minimum absolute atomic E-state index is 0.0396. The Hall–Kier alpha value is -2.77. The third-order valence-electron chi connectivity index (χ3n) is 3.95. The first kappa shape index (κ1) is 17.6. The number of carboxylic acids is 2. The highest BCUT2D eigenvalue weighted by Gasteiger charge is 2.32. The van der Waals surface area contributed by atoms with E-state index in [1.165, 1.54) is 0 Å². The van der Waals surface area contributed by atoms with Gasteiger partial charge in [-0.25, -0.2) is 0 Å². The monoisotopic (exact) mass is 332 g/mol. The Labute approximate surface area is 138 Å². The Morgan fingerprint density at radius 1 is 1.12 bits per heavy atom. The second-order valence-electron chi connectivity index (χ2n) is 5.65. The first-order valence-electron chi connectivity index (χ1n) is 7.79. The summed E-state index contributed by atoms with van der Waals surface area (Å²) < 4.78 is 0. The maximum absolute atomic E-state index is 11.8. The zero-order valence-electron chi connectivity index (χ0n) is 13.1. The zero-order valence-corrected chi connectivity index (χ0v) is 13.1. The number of tetrazole rings is 1. The molecule has 1 aromatic heterocycles. The summed E-state index contributed by atoms with van der Waals surface area (Å²) in [5, 5.41) is 32.2. The molecule has 0 spiro atoms. The summed E-state index contributed by atoms with van der Waals surface area (Å²) in [7, 11) is 0. The Balaban J connectivity index is 2.12. The van der Waals surface area contributed by atoms with Crippen LogP contribution in [0.5, 0.6) is 0 Å². The molecular formula is C16H20N4O4. The lowest BCUT2D eigenvalue weighted by atomic mass is 9.83. The number of carboxylic acid groups (broad SMARTS) is 2. The SMILES string of the molecule is O=C(O)CCCCC(C(=O)O)C(Cc1ccccc1)c1nn[nH]n1. The molecule has 2 unspecified atom stereocenters. The van der Waals surface area contributed by atoms with Crippen molar-refractivity contribution in [2.45, 2.75) is 38.0 Å². The molecule has 8 heteroatoms. The lowest BCUT2D eigenvalue weighted by Crippen LogP contribution is -2.25. The quantitative estimate of drug-likeness (QED) is 0.566. The van der Waals surface area contributed by atoms with Crippen LogP contribution in [0.1, 0.15) is 43.0 Å². The van der Waals surface area contributed by atoms with Gasteiger partial charge in [-0.15, -0.1) is 10.2 Å². The molecule has 0 aliphatic carbocycles. The summed E-state index contributed by atoms with van der Waals surface area (Å²) in [6, 6.07) is 9.54. The van der Waals surface area contributed by atoms with E-state index in [2.05, 4.69) is 20.6 Å². The fourth-order valence-electron chi connectivity index (χ4n) is 2.75. The van der Waals surface area contributed by atoms with Gasteiger partial charge in [0.25, 0.3) is 0 Å². The van der Waals surface area contributed by atoms with Crippen LogP contribution in [0.3, 0.4) is 0 Å². The van der Waals surface area contributed by atoms with Crippen LogP contribution >= 0.6 is 0 Å². The molecule has 0 bridgehead atoms. The van der Waals surface area contributed by atoms with E-state index < -0.39 is 23.8 Å². The van der Waals surface area contributed by atoms with Crippen molar-refractivity contribution in [3.05, 3.63) is 41.7 Å². The molecule has 2 aromatic rings. The molecule has 0 aliphatic heterocycles. The standard InChI is InChI=1S/C16H20N4O4/c21-14(22)9-5-4-8-12(16(23)24)13(15-17-19-20-18-15)10-11-6-2-1-3-7-11/h1-3,6-7,12-13H,4-5,8-10H2,(H,21,22)(H,23,24)(H,17,18,19,20). The van der Waals surface area contributed by atoms with Gasteiger partial charge in [0.2, 0.25) is 0 Å². The summed E-state index contributed by atoms with van der Waals surface area (Å²) in [5.74, 6) is -2.56. The first-order valence-corrected chi connectivity index (χ1v) is 7.79. The molecular weight excluding hydrogens is 312 g/mol. The van der Waals surface area contributed by atoms with E-state index in [9.17, 15) is 14.7 Å². The fraction of sp³-hybridized carbons (Fsp3) is 0.438. The van der Waals surface area contributed by atoms with E-state index in [0.29, 0.717) is 31.5 Å². The second kappa shape index (κ2) is 8.76. The van der Waals surface area contributed by atoms with Gasteiger partial charge in [-0.2, -0.15) is 5.21 Å². The molecule has 1 aromatic carbocycles. The number of H-pyrrole nitrogens is 1. The molecule has 2 atom stereocenters. The highest BCUT2D eigenvalue weighted by molar-refractivity contribution is 5.71. The van der Waals surface area contributed by atoms with Gasteiger partial charge in [0.1, 0.15) is 0 Å². The molecule has 128 valence electrons. The smallest absolute Gasteiger partial charge is 0.307 e. The highest BCUT2D eigenvalue weighted by atomic mass is 16.4. The summed E-state index contributed by atoms with van der Waals surface area (Å²) in [6.07, 6.45) is 1.86. The van der Waals surface area contributed by atoms with Crippen LogP contribution in [-0.2, 0) is 16.0 Å². The Kier molecular flexibility index (Phi) is 6.41. The Bertz CT molecular complexity index is 645. The first-order chi connectivity index (χ1) is 11.6. The van der Waals surface area contributed by atoms with Crippen LogP contribution in [0.25, 0.3) is 0 Å². The molecule has 0 amide bonds.